The minimum Gasteiger partial charge on any atom is -0.320 e. The number of aryl methyl sites for hydroxylation is 1. The molecule has 0 unspecified atom stereocenters. The lowest BCUT2D eigenvalue weighted by molar-refractivity contribution is 0.102. The van der Waals surface area contributed by atoms with Crippen LogP contribution in [-0.4, -0.2) is 33.6 Å². The molecule has 2 heterocycles. The van der Waals surface area contributed by atoms with Gasteiger partial charge in [-0.25, -0.2) is 9.18 Å². The van der Waals surface area contributed by atoms with E-state index in [-0.39, 0.29) is 22.9 Å². The van der Waals surface area contributed by atoms with Crippen LogP contribution in [0.3, 0.4) is 0 Å². The highest BCUT2D eigenvalue weighted by Gasteiger charge is 2.33. The first-order valence-corrected chi connectivity index (χ1v) is 10.9. The van der Waals surface area contributed by atoms with E-state index in [2.05, 4.69) is 27.8 Å². The van der Waals surface area contributed by atoms with E-state index in [0.717, 1.165) is 36.3 Å². The second-order valence-corrected chi connectivity index (χ2v) is 8.25. The van der Waals surface area contributed by atoms with Crippen LogP contribution in [0.1, 0.15) is 46.2 Å². The van der Waals surface area contributed by atoms with Gasteiger partial charge >= 0.3 is 6.03 Å². The van der Waals surface area contributed by atoms with Gasteiger partial charge in [-0.2, -0.15) is 0 Å². The Morgan fingerprint density at radius 1 is 1.06 bits per heavy atom. The number of nitrogens with zero attached hydrogens (tertiary/aromatic N) is 3. The van der Waals surface area contributed by atoms with Gasteiger partial charge in [0.15, 0.2) is 0 Å². The number of hydrogen-bond donors (Lipinski definition) is 2. The molecule has 1 saturated heterocycles. The summed E-state index contributed by atoms with van der Waals surface area (Å²) in [6.07, 6.45) is 2.55. The molecular formula is C22H22FN5O2S. The predicted octanol–water partition coefficient (Wildman–Crippen LogP) is 4.86. The SMILES string of the molecule is CCc1ccc(NC(=O)N2CCC[C@@H]2c2nnc(C(=O)Nc3ccc(F)cc3)s2)cc1. The molecule has 1 atom stereocenters. The summed E-state index contributed by atoms with van der Waals surface area (Å²) in [6.45, 7) is 2.69. The first kappa shape index (κ1) is 20.9. The van der Waals surface area contributed by atoms with Crippen LogP contribution in [0.2, 0.25) is 0 Å². The molecule has 4 rings (SSSR count). The molecule has 3 amide bonds. The molecule has 0 saturated carbocycles. The maximum atomic E-state index is 13.0. The molecule has 7 nitrogen and oxygen atoms in total. The summed E-state index contributed by atoms with van der Waals surface area (Å²) in [5, 5.41) is 14.6. The van der Waals surface area contributed by atoms with Gasteiger partial charge in [0.2, 0.25) is 5.01 Å². The standard InChI is InChI=1S/C22H22FN5O2S/c1-2-14-5-9-17(10-6-14)25-22(30)28-13-3-4-18(28)20-26-27-21(31-20)19(29)24-16-11-7-15(23)8-12-16/h5-12,18H,2-4,13H2,1H3,(H,24,29)(H,25,30)/t18-/m1/s1. The Morgan fingerprint density at radius 2 is 1.74 bits per heavy atom. The number of halogens is 1. The van der Waals surface area contributed by atoms with Crippen molar-refractivity contribution < 1.29 is 14.0 Å². The summed E-state index contributed by atoms with van der Waals surface area (Å²) in [6, 6.07) is 12.9. The average molecular weight is 440 g/mol. The molecule has 0 spiro atoms. The number of carbonyl (C=O) groups excluding carboxylic acids is 2. The quantitative estimate of drug-likeness (QED) is 0.594. The third-order valence-corrected chi connectivity index (χ3v) is 6.17. The summed E-state index contributed by atoms with van der Waals surface area (Å²) in [5.74, 6) is -0.794. The summed E-state index contributed by atoms with van der Waals surface area (Å²) in [5.41, 5.74) is 2.42. The van der Waals surface area contributed by atoms with E-state index >= 15 is 0 Å². The molecule has 0 aliphatic carbocycles. The Kier molecular flexibility index (Phi) is 6.22. The van der Waals surface area contributed by atoms with Gasteiger partial charge in [-0.05, 0) is 61.2 Å². The van der Waals surface area contributed by atoms with Crippen LogP contribution in [0.5, 0.6) is 0 Å². The lowest BCUT2D eigenvalue weighted by Gasteiger charge is -2.23. The van der Waals surface area contributed by atoms with Crippen LogP contribution in [0, 0.1) is 5.82 Å². The molecule has 160 valence electrons. The number of benzene rings is 2. The van der Waals surface area contributed by atoms with Gasteiger partial charge in [-0.15, -0.1) is 10.2 Å². The number of rotatable bonds is 5. The van der Waals surface area contributed by atoms with E-state index in [1.54, 1.807) is 4.90 Å². The maximum absolute atomic E-state index is 13.0. The van der Waals surface area contributed by atoms with E-state index in [9.17, 15) is 14.0 Å². The van der Waals surface area contributed by atoms with Crippen molar-refractivity contribution in [2.75, 3.05) is 17.2 Å². The highest BCUT2D eigenvalue weighted by atomic mass is 32.1. The third-order valence-electron chi connectivity index (χ3n) is 5.15. The number of amides is 3. The molecule has 3 aromatic rings. The summed E-state index contributed by atoms with van der Waals surface area (Å²) < 4.78 is 13.0. The Hall–Kier alpha value is -3.33. The van der Waals surface area contributed by atoms with Crippen molar-refractivity contribution in [3.05, 3.63) is 69.9 Å². The average Bonchev–Trinajstić information content (AvgIpc) is 3.45. The summed E-state index contributed by atoms with van der Waals surface area (Å²) in [4.78, 5) is 27.0. The van der Waals surface area contributed by atoms with Crippen LogP contribution in [0.25, 0.3) is 0 Å². The van der Waals surface area contributed by atoms with E-state index < -0.39 is 5.91 Å². The van der Waals surface area contributed by atoms with E-state index in [0.29, 0.717) is 17.2 Å². The molecule has 1 aliphatic heterocycles. The number of hydrogen-bond acceptors (Lipinski definition) is 5. The number of aromatic nitrogens is 2. The molecule has 0 bridgehead atoms. The van der Waals surface area contributed by atoms with Crippen LogP contribution in [0.15, 0.2) is 48.5 Å². The number of nitrogens with one attached hydrogen (secondary N) is 2. The van der Waals surface area contributed by atoms with Gasteiger partial charge in [0.25, 0.3) is 5.91 Å². The molecule has 9 heteroatoms. The van der Waals surface area contributed by atoms with Gasteiger partial charge in [-0.1, -0.05) is 30.4 Å². The van der Waals surface area contributed by atoms with Gasteiger partial charge in [0, 0.05) is 17.9 Å². The fraction of sp³-hybridized carbons (Fsp3) is 0.273. The van der Waals surface area contributed by atoms with Crippen molar-refractivity contribution in [3.8, 4) is 0 Å². The minimum absolute atomic E-state index is 0.195. The molecule has 1 aromatic heterocycles. The number of anilines is 2. The first-order valence-electron chi connectivity index (χ1n) is 10.1. The van der Waals surface area contributed by atoms with Crippen molar-refractivity contribution in [2.24, 2.45) is 0 Å². The Bertz CT molecular complexity index is 1070. The van der Waals surface area contributed by atoms with E-state index in [4.69, 9.17) is 0 Å². The summed E-state index contributed by atoms with van der Waals surface area (Å²) in [7, 11) is 0. The number of likely N-dealkylation sites (tertiary alicyclic amines) is 1. The van der Waals surface area contributed by atoms with Crippen LogP contribution in [-0.2, 0) is 6.42 Å². The minimum atomic E-state index is -0.416. The van der Waals surface area contributed by atoms with Crippen LogP contribution < -0.4 is 10.6 Å². The Morgan fingerprint density at radius 3 is 2.45 bits per heavy atom. The Labute approximate surface area is 183 Å². The molecule has 2 N–H and O–H groups in total. The molecular weight excluding hydrogens is 417 g/mol. The topological polar surface area (TPSA) is 87.2 Å². The molecule has 0 radical (unpaired) electrons. The molecule has 1 aliphatic rings. The molecule has 2 aromatic carbocycles. The van der Waals surface area contributed by atoms with Gasteiger partial charge in [-0.3, -0.25) is 4.79 Å². The van der Waals surface area contributed by atoms with Crippen molar-refractivity contribution in [1.29, 1.82) is 0 Å². The third kappa shape index (κ3) is 4.88. The molecule has 31 heavy (non-hydrogen) atoms. The van der Waals surface area contributed by atoms with Crippen LogP contribution in [0.4, 0.5) is 20.6 Å². The number of urea groups is 1. The Balaban J connectivity index is 1.42. The zero-order valence-corrected chi connectivity index (χ0v) is 17.8. The smallest absolute Gasteiger partial charge is 0.320 e. The van der Waals surface area contributed by atoms with Gasteiger partial charge < -0.3 is 15.5 Å². The van der Waals surface area contributed by atoms with Crippen molar-refractivity contribution in [2.45, 2.75) is 32.2 Å². The lowest BCUT2D eigenvalue weighted by Crippen LogP contribution is -2.34. The van der Waals surface area contributed by atoms with Crippen molar-refractivity contribution in [3.63, 3.8) is 0 Å². The zero-order valence-electron chi connectivity index (χ0n) is 17.0. The fourth-order valence-corrected chi connectivity index (χ4v) is 4.35. The molecule has 1 fully saturated rings. The second-order valence-electron chi connectivity index (χ2n) is 7.24. The fourth-order valence-electron chi connectivity index (χ4n) is 3.46. The van der Waals surface area contributed by atoms with Crippen molar-refractivity contribution in [1.82, 2.24) is 15.1 Å². The summed E-state index contributed by atoms with van der Waals surface area (Å²) >= 11 is 1.16. The highest BCUT2D eigenvalue weighted by Crippen LogP contribution is 2.34. The zero-order chi connectivity index (χ0) is 21.8. The maximum Gasteiger partial charge on any atom is 0.322 e. The second kappa shape index (κ2) is 9.22. The van der Waals surface area contributed by atoms with E-state index in [1.807, 2.05) is 24.3 Å². The first-order chi connectivity index (χ1) is 15.0. The van der Waals surface area contributed by atoms with E-state index in [1.165, 1.54) is 29.8 Å². The van der Waals surface area contributed by atoms with Crippen molar-refractivity contribution >= 4 is 34.6 Å². The van der Waals surface area contributed by atoms with Gasteiger partial charge in [0.05, 0.1) is 6.04 Å². The largest absolute Gasteiger partial charge is 0.322 e. The monoisotopic (exact) mass is 439 g/mol. The van der Waals surface area contributed by atoms with Gasteiger partial charge in [0.1, 0.15) is 10.8 Å². The predicted molar refractivity (Wildman–Crippen MR) is 118 cm³/mol. The lowest BCUT2D eigenvalue weighted by atomic mass is 10.1. The normalized spacial score (nSPS) is 15.7. The highest BCUT2D eigenvalue weighted by molar-refractivity contribution is 7.13. The number of carbonyl (C=O) groups is 2. The van der Waals surface area contributed by atoms with Crippen LogP contribution >= 0.6 is 11.3 Å².